The van der Waals surface area contributed by atoms with Crippen LogP contribution in [0.4, 0.5) is 0 Å². The Morgan fingerprint density at radius 2 is 2.28 bits per heavy atom. The first-order valence-corrected chi connectivity index (χ1v) is 6.59. The molecule has 4 heteroatoms. The fourth-order valence-corrected chi connectivity index (χ4v) is 2.66. The summed E-state index contributed by atoms with van der Waals surface area (Å²) in [6.45, 7) is 3.11. The van der Waals surface area contributed by atoms with Gasteiger partial charge in [-0.25, -0.2) is 0 Å². The van der Waals surface area contributed by atoms with E-state index < -0.39 is 0 Å². The highest BCUT2D eigenvalue weighted by Gasteiger charge is 2.26. The van der Waals surface area contributed by atoms with Crippen molar-refractivity contribution in [1.82, 2.24) is 10.2 Å². The zero-order valence-corrected chi connectivity index (χ0v) is 10.4. The minimum Gasteiger partial charge on any atom is -0.491 e. The van der Waals surface area contributed by atoms with Crippen LogP contribution < -0.4 is 10.1 Å². The first-order valence-electron chi connectivity index (χ1n) is 6.59. The molecule has 2 heterocycles. The Kier molecular flexibility index (Phi) is 3.19. The number of nitrogens with zero attached hydrogens (tertiary/aromatic N) is 1. The number of para-hydroxylation sites is 1. The van der Waals surface area contributed by atoms with Gasteiger partial charge >= 0.3 is 0 Å². The Morgan fingerprint density at radius 3 is 3.11 bits per heavy atom. The fourth-order valence-electron chi connectivity index (χ4n) is 2.66. The molecule has 2 aliphatic rings. The second-order valence-electron chi connectivity index (χ2n) is 4.89. The van der Waals surface area contributed by atoms with Crippen molar-refractivity contribution >= 4 is 5.91 Å². The van der Waals surface area contributed by atoms with E-state index in [9.17, 15) is 4.79 Å². The van der Waals surface area contributed by atoms with Gasteiger partial charge in [0, 0.05) is 12.6 Å². The van der Waals surface area contributed by atoms with E-state index >= 15 is 0 Å². The van der Waals surface area contributed by atoms with Crippen LogP contribution >= 0.6 is 0 Å². The van der Waals surface area contributed by atoms with E-state index in [1.165, 1.54) is 6.42 Å². The zero-order valence-electron chi connectivity index (χ0n) is 10.4. The van der Waals surface area contributed by atoms with E-state index in [4.69, 9.17) is 4.74 Å². The Hall–Kier alpha value is -1.55. The van der Waals surface area contributed by atoms with Gasteiger partial charge in [0.25, 0.3) is 5.91 Å². The minimum absolute atomic E-state index is 0.0943. The molecule has 1 atom stereocenters. The van der Waals surface area contributed by atoms with E-state index in [0.29, 0.717) is 30.5 Å². The van der Waals surface area contributed by atoms with Crippen molar-refractivity contribution in [2.24, 2.45) is 0 Å². The third-order valence-electron chi connectivity index (χ3n) is 3.63. The van der Waals surface area contributed by atoms with Crippen molar-refractivity contribution in [3.63, 3.8) is 0 Å². The number of fused-ring (bicyclic) bond motifs is 1. The molecular weight excluding hydrogens is 228 g/mol. The number of nitrogens with one attached hydrogen (secondary N) is 1. The molecule has 1 saturated heterocycles. The summed E-state index contributed by atoms with van der Waals surface area (Å²) < 4.78 is 5.63. The highest BCUT2D eigenvalue weighted by Crippen LogP contribution is 2.23. The lowest BCUT2D eigenvalue weighted by atomic mass is 10.1. The van der Waals surface area contributed by atoms with E-state index in [-0.39, 0.29) is 5.91 Å². The molecule has 2 aliphatic heterocycles. The van der Waals surface area contributed by atoms with Crippen LogP contribution in [0.15, 0.2) is 24.3 Å². The molecule has 1 fully saturated rings. The van der Waals surface area contributed by atoms with Crippen molar-refractivity contribution in [3.8, 4) is 5.75 Å². The largest absolute Gasteiger partial charge is 0.491 e. The van der Waals surface area contributed by atoms with E-state index in [0.717, 1.165) is 19.5 Å². The topological polar surface area (TPSA) is 41.6 Å². The standard InChI is InChI=1S/C14H18N2O2/c17-14-12-5-1-2-6-13(12)18-9-8-16(14)10-11-4-3-7-15-11/h1-2,5-6,11,15H,3-4,7-10H2/t11-/m0/s1. The minimum atomic E-state index is 0.0943. The summed E-state index contributed by atoms with van der Waals surface area (Å²) >= 11 is 0. The zero-order chi connectivity index (χ0) is 12.4. The van der Waals surface area contributed by atoms with Crippen molar-refractivity contribution in [2.45, 2.75) is 18.9 Å². The molecule has 3 rings (SSSR count). The van der Waals surface area contributed by atoms with E-state index in [2.05, 4.69) is 5.32 Å². The highest BCUT2D eigenvalue weighted by molar-refractivity contribution is 5.97. The second-order valence-corrected chi connectivity index (χ2v) is 4.89. The Bertz CT molecular complexity index is 441. The summed E-state index contributed by atoms with van der Waals surface area (Å²) in [5.74, 6) is 0.807. The number of rotatable bonds is 2. The highest BCUT2D eigenvalue weighted by atomic mass is 16.5. The Labute approximate surface area is 107 Å². The average Bonchev–Trinajstić information content (AvgIpc) is 2.85. The summed E-state index contributed by atoms with van der Waals surface area (Å²) in [7, 11) is 0. The van der Waals surface area contributed by atoms with Crippen LogP contribution in [0.5, 0.6) is 5.75 Å². The SMILES string of the molecule is O=C1c2ccccc2OCCN1C[C@@H]1CCCN1. The molecule has 96 valence electrons. The van der Waals surface area contributed by atoms with Gasteiger partial charge in [0.2, 0.25) is 0 Å². The predicted octanol–water partition coefficient (Wildman–Crippen LogP) is 1.27. The maximum Gasteiger partial charge on any atom is 0.257 e. The molecule has 0 bridgehead atoms. The third kappa shape index (κ3) is 2.20. The average molecular weight is 246 g/mol. The number of carbonyl (C=O) groups excluding carboxylic acids is 1. The van der Waals surface area contributed by atoms with Gasteiger partial charge in [-0.15, -0.1) is 0 Å². The normalized spacial score (nSPS) is 23.4. The van der Waals surface area contributed by atoms with Gasteiger partial charge in [0.15, 0.2) is 0 Å². The molecule has 0 radical (unpaired) electrons. The summed E-state index contributed by atoms with van der Waals surface area (Å²) in [6, 6.07) is 7.94. The van der Waals surface area contributed by atoms with Crippen LogP contribution in [0.25, 0.3) is 0 Å². The third-order valence-corrected chi connectivity index (χ3v) is 3.63. The van der Waals surface area contributed by atoms with Crippen LogP contribution in [-0.4, -0.2) is 43.1 Å². The summed E-state index contributed by atoms with van der Waals surface area (Å²) in [5, 5.41) is 3.43. The Balaban J connectivity index is 1.78. The van der Waals surface area contributed by atoms with Crippen LogP contribution in [0.1, 0.15) is 23.2 Å². The summed E-state index contributed by atoms with van der Waals surface area (Å²) in [4.78, 5) is 14.4. The smallest absolute Gasteiger partial charge is 0.257 e. The van der Waals surface area contributed by atoms with Crippen LogP contribution in [-0.2, 0) is 0 Å². The van der Waals surface area contributed by atoms with E-state index in [1.54, 1.807) is 0 Å². The molecule has 18 heavy (non-hydrogen) atoms. The Morgan fingerprint density at radius 1 is 1.39 bits per heavy atom. The van der Waals surface area contributed by atoms with Gasteiger partial charge in [-0.2, -0.15) is 0 Å². The molecule has 4 nitrogen and oxygen atoms in total. The molecule has 0 unspecified atom stereocenters. The molecular formula is C14H18N2O2. The lowest BCUT2D eigenvalue weighted by Crippen LogP contribution is -2.41. The van der Waals surface area contributed by atoms with Crippen molar-refractivity contribution < 1.29 is 9.53 Å². The molecule has 1 aromatic rings. The summed E-state index contributed by atoms with van der Waals surface area (Å²) in [6.07, 6.45) is 2.37. The predicted molar refractivity (Wildman–Crippen MR) is 68.9 cm³/mol. The lowest BCUT2D eigenvalue weighted by Gasteiger charge is -2.23. The van der Waals surface area contributed by atoms with Gasteiger partial charge in [0.05, 0.1) is 12.1 Å². The van der Waals surface area contributed by atoms with Gasteiger partial charge in [-0.1, -0.05) is 12.1 Å². The molecule has 0 spiro atoms. The monoisotopic (exact) mass is 246 g/mol. The molecule has 0 aromatic heterocycles. The maximum atomic E-state index is 12.4. The first kappa shape index (κ1) is 11.5. The van der Waals surface area contributed by atoms with Gasteiger partial charge < -0.3 is 15.0 Å². The van der Waals surface area contributed by atoms with Crippen LogP contribution in [0.2, 0.25) is 0 Å². The summed E-state index contributed by atoms with van der Waals surface area (Å²) in [5.41, 5.74) is 0.688. The molecule has 0 aliphatic carbocycles. The van der Waals surface area contributed by atoms with Crippen LogP contribution in [0.3, 0.4) is 0 Å². The van der Waals surface area contributed by atoms with E-state index in [1.807, 2.05) is 29.2 Å². The second kappa shape index (κ2) is 4.98. The van der Waals surface area contributed by atoms with Gasteiger partial charge in [-0.3, -0.25) is 4.79 Å². The quantitative estimate of drug-likeness (QED) is 0.854. The number of benzene rings is 1. The van der Waals surface area contributed by atoms with Crippen LogP contribution in [0, 0.1) is 0 Å². The first-order chi connectivity index (χ1) is 8.84. The van der Waals surface area contributed by atoms with Crippen molar-refractivity contribution in [3.05, 3.63) is 29.8 Å². The number of amides is 1. The fraction of sp³-hybridized carbons (Fsp3) is 0.500. The lowest BCUT2D eigenvalue weighted by molar-refractivity contribution is 0.0741. The number of carbonyl (C=O) groups is 1. The van der Waals surface area contributed by atoms with Gasteiger partial charge in [0.1, 0.15) is 12.4 Å². The van der Waals surface area contributed by atoms with Crippen molar-refractivity contribution in [1.29, 1.82) is 0 Å². The molecule has 1 amide bonds. The molecule has 1 aromatic carbocycles. The van der Waals surface area contributed by atoms with Gasteiger partial charge in [-0.05, 0) is 31.5 Å². The number of hydrogen-bond donors (Lipinski definition) is 1. The molecule has 1 N–H and O–H groups in total. The molecule has 0 saturated carbocycles. The number of hydrogen-bond acceptors (Lipinski definition) is 3. The van der Waals surface area contributed by atoms with Crippen molar-refractivity contribution in [2.75, 3.05) is 26.2 Å². The maximum absolute atomic E-state index is 12.4. The number of ether oxygens (including phenoxy) is 1.